The van der Waals surface area contributed by atoms with Crippen molar-refractivity contribution in [1.29, 1.82) is 10.5 Å². The van der Waals surface area contributed by atoms with Crippen molar-refractivity contribution in [3.63, 3.8) is 0 Å². The van der Waals surface area contributed by atoms with E-state index in [-0.39, 0.29) is 21.7 Å². The van der Waals surface area contributed by atoms with Crippen molar-refractivity contribution in [1.82, 2.24) is 0 Å². The number of amides is 1. The van der Waals surface area contributed by atoms with E-state index in [0.717, 1.165) is 6.20 Å². The Morgan fingerprint density at radius 3 is 2.31 bits per heavy atom. The van der Waals surface area contributed by atoms with Crippen LogP contribution in [0.1, 0.15) is 5.56 Å². The minimum Gasteiger partial charge on any atom is -0.360 e. The van der Waals surface area contributed by atoms with Crippen molar-refractivity contribution in [3.05, 3.63) is 65.9 Å². The van der Waals surface area contributed by atoms with Gasteiger partial charge in [0.15, 0.2) is 0 Å². The van der Waals surface area contributed by atoms with E-state index in [4.69, 9.17) is 15.1 Å². The lowest BCUT2D eigenvalue weighted by Gasteiger charge is -2.07. The highest BCUT2D eigenvalue weighted by Crippen LogP contribution is 2.16. The molecule has 130 valence electrons. The summed E-state index contributed by atoms with van der Waals surface area (Å²) in [5.74, 6) is -0.711. The molecule has 0 saturated heterocycles. The molecular formula is C17H12N4O4S. The summed E-state index contributed by atoms with van der Waals surface area (Å²) in [7, 11) is -4.30. The summed E-state index contributed by atoms with van der Waals surface area (Å²) >= 11 is 0. The Morgan fingerprint density at radius 1 is 1.08 bits per heavy atom. The molecule has 0 aromatic heterocycles. The third-order valence-corrected chi connectivity index (χ3v) is 4.06. The minimum atomic E-state index is -4.30. The molecule has 0 fully saturated rings. The van der Waals surface area contributed by atoms with Gasteiger partial charge in [0.25, 0.3) is 16.0 Å². The number of para-hydroxylation sites is 1. The molecule has 26 heavy (non-hydrogen) atoms. The zero-order chi connectivity index (χ0) is 19.2. The van der Waals surface area contributed by atoms with Crippen molar-refractivity contribution in [2.75, 3.05) is 10.6 Å². The van der Waals surface area contributed by atoms with Crippen LogP contribution in [0.4, 0.5) is 11.4 Å². The van der Waals surface area contributed by atoms with Gasteiger partial charge in [-0.1, -0.05) is 12.1 Å². The number of benzene rings is 2. The fourth-order valence-electron chi connectivity index (χ4n) is 1.91. The first kappa shape index (κ1) is 18.7. The predicted molar refractivity (Wildman–Crippen MR) is 93.4 cm³/mol. The molecule has 0 bridgehead atoms. The average Bonchev–Trinajstić information content (AvgIpc) is 2.62. The number of rotatable bonds is 5. The minimum absolute atomic E-state index is 0.253. The zero-order valence-corrected chi connectivity index (χ0v) is 14.0. The van der Waals surface area contributed by atoms with E-state index >= 15 is 0 Å². The molecule has 3 N–H and O–H groups in total. The summed E-state index contributed by atoms with van der Waals surface area (Å²) < 4.78 is 30.9. The second kappa shape index (κ2) is 7.94. The molecule has 0 spiro atoms. The molecule has 0 unspecified atom stereocenters. The fraction of sp³-hybridized carbons (Fsp3) is 0. The van der Waals surface area contributed by atoms with E-state index in [2.05, 4.69) is 10.6 Å². The lowest BCUT2D eigenvalue weighted by Crippen LogP contribution is -2.15. The summed E-state index contributed by atoms with van der Waals surface area (Å²) in [5.41, 5.74) is 0.678. The molecule has 0 atom stereocenters. The van der Waals surface area contributed by atoms with Gasteiger partial charge in [-0.25, -0.2) is 0 Å². The highest BCUT2D eigenvalue weighted by Gasteiger charge is 2.12. The van der Waals surface area contributed by atoms with Crippen molar-refractivity contribution in [3.8, 4) is 12.1 Å². The largest absolute Gasteiger partial charge is 0.360 e. The first-order chi connectivity index (χ1) is 12.3. The van der Waals surface area contributed by atoms with Crippen LogP contribution < -0.4 is 10.6 Å². The van der Waals surface area contributed by atoms with Crippen LogP contribution in [0.15, 0.2) is 65.2 Å². The molecule has 0 aliphatic rings. The molecular weight excluding hydrogens is 356 g/mol. The standard InChI is InChI=1S/C17H12N4O4S/c18-9-12-3-1-2-4-16(12)21-17(22)13(10-19)11-20-14-5-7-15(8-6-14)26(23,24)25/h1-8,11,20H,(H,21,22)(H,23,24,25)/b13-11-. The number of anilines is 2. The summed E-state index contributed by atoms with van der Waals surface area (Å²) in [6, 6.07) is 15.1. The SMILES string of the molecule is N#C/C(=C/Nc1ccc(S(=O)(=O)O)cc1)C(=O)Nc1ccccc1C#N. The van der Waals surface area contributed by atoms with Crippen LogP contribution >= 0.6 is 0 Å². The van der Waals surface area contributed by atoms with Crippen molar-refractivity contribution >= 4 is 27.4 Å². The van der Waals surface area contributed by atoms with Crippen molar-refractivity contribution in [2.45, 2.75) is 4.90 Å². The van der Waals surface area contributed by atoms with Crippen LogP contribution in [0.2, 0.25) is 0 Å². The predicted octanol–water partition coefficient (Wildman–Crippen LogP) is 2.26. The van der Waals surface area contributed by atoms with Gasteiger partial charge >= 0.3 is 0 Å². The van der Waals surface area contributed by atoms with E-state index in [1.165, 1.54) is 36.4 Å². The number of hydrogen-bond acceptors (Lipinski definition) is 6. The summed E-state index contributed by atoms with van der Waals surface area (Å²) in [5, 5.41) is 23.3. The van der Waals surface area contributed by atoms with Gasteiger partial charge in [-0.3, -0.25) is 9.35 Å². The van der Waals surface area contributed by atoms with Crippen molar-refractivity contribution < 1.29 is 17.8 Å². The Kier molecular flexibility index (Phi) is 5.71. The number of nitrogens with zero attached hydrogens (tertiary/aromatic N) is 2. The highest BCUT2D eigenvalue weighted by molar-refractivity contribution is 7.85. The first-order valence-electron chi connectivity index (χ1n) is 7.10. The third kappa shape index (κ3) is 4.68. The van der Waals surface area contributed by atoms with Crippen LogP contribution in [-0.4, -0.2) is 18.9 Å². The molecule has 9 heteroatoms. The molecule has 0 aliphatic heterocycles. The topological polar surface area (TPSA) is 143 Å². The first-order valence-corrected chi connectivity index (χ1v) is 8.54. The highest BCUT2D eigenvalue weighted by atomic mass is 32.2. The summed E-state index contributed by atoms with van der Waals surface area (Å²) in [4.78, 5) is 11.9. The van der Waals surface area contributed by atoms with Gasteiger partial charge in [-0.2, -0.15) is 18.9 Å². The summed E-state index contributed by atoms with van der Waals surface area (Å²) in [6.07, 6.45) is 1.15. The smallest absolute Gasteiger partial charge is 0.294 e. The molecule has 2 rings (SSSR count). The molecule has 2 aromatic rings. The lowest BCUT2D eigenvalue weighted by molar-refractivity contribution is -0.112. The van der Waals surface area contributed by atoms with E-state index < -0.39 is 16.0 Å². The van der Waals surface area contributed by atoms with Gasteiger partial charge in [0.2, 0.25) is 0 Å². The Balaban J connectivity index is 2.14. The van der Waals surface area contributed by atoms with Crippen LogP contribution in [0.3, 0.4) is 0 Å². The Labute approximate surface area is 149 Å². The molecule has 2 aromatic carbocycles. The number of nitrogens with one attached hydrogen (secondary N) is 2. The maximum absolute atomic E-state index is 12.2. The van der Waals surface area contributed by atoms with Crippen molar-refractivity contribution in [2.24, 2.45) is 0 Å². The maximum atomic E-state index is 12.2. The third-order valence-electron chi connectivity index (χ3n) is 3.20. The number of carbonyl (C=O) groups excluding carboxylic acids is 1. The monoisotopic (exact) mass is 368 g/mol. The van der Waals surface area contributed by atoms with E-state index in [0.29, 0.717) is 5.69 Å². The molecule has 1 amide bonds. The van der Waals surface area contributed by atoms with Gasteiger partial charge in [0, 0.05) is 11.9 Å². The average molecular weight is 368 g/mol. The fourth-order valence-corrected chi connectivity index (χ4v) is 2.39. The normalized spacial score (nSPS) is 11.1. The van der Waals surface area contributed by atoms with Gasteiger partial charge < -0.3 is 10.6 Å². The van der Waals surface area contributed by atoms with Crippen LogP contribution in [0.25, 0.3) is 0 Å². The van der Waals surface area contributed by atoms with Crippen LogP contribution in [-0.2, 0) is 14.9 Å². The second-order valence-corrected chi connectivity index (χ2v) is 6.35. The quantitative estimate of drug-likeness (QED) is 0.417. The lowest BCUT2D eigenvalue weighted by atomic mass is 10.2. The molecule has 0 aliphatic carbocycles. The van der Waals surface area contributed by atoms with Gasteiger partial charge in [0.1, 0.15) is 17.7 Å². The van der Waals surface area contributed by atoms with Gasteiger partial charge in [-0.05, 0) is 36.4 Å². The number of hydrogen-bond donors (Lipinski definition) is 3. The second-order valence-electron chi connectivity index (χ2n) is 4.93. The van der Waals surface area contributed by atoms with Gasteiger partial charge in [-0.15, -0.1) is 0 Å². The molecule has 0 heterocycles. The van der Waals surface area contributed by atoms with Gasteiger partial charge in [0.05, 0.1) is 16.1 Å². The molecule has 0 radical (unpaired) electrons. The molecule has 8 nitrogen and oxygen atoms in total. The Bertz CT molecular complexity index is 1050. The number of carbonyl (C=O) groups is 1. The number of nitriles is 2. The molecule has 0 saturated carbocycles. The zero-order valence-electron chi connectivity index (χ0n) is 13.2. The Hall–Kier alpha value is -3.66. The van der Waals surface area contributed by atoms with Crippen LogP contribution in [0, 0.1) is 22.7 Å². The maximum Gasteiger partial charge on any atom is 0.294 e. The van der Waals surface area contributed by atoms with E-state index in [1.54, 1.807) is 18.2 Å². The van der Waals surface area contributed by atoms with E-state index in [9.17, 15) is 13.2 Å². The van der Waals surface area contributed by atoms with Crippen LogP contribution in [0.5, 0.6) is 0 Å². The van der Waals surface area contributed by atoms with E-state index in [1.807, 2.05) is 6.07 Å². The summed E-state index contributed by atoms with van der Waals surface area (Å²) in [6.45, 7) is 0. The Morgan fingerprint density at radius 2 is 1.73 bits per heavy atom.